The van der Waals surface area contributed by atoms with Gasteiger partial charge in [-0.2, -0.15) is 0 Å². The van der Waals surface area contributed by atoms with Crippen molar-refractivity contribution in [3.05, 3.63) is 42.5 Å². The molecular formula is C25H33N3O4S. The molecule has 0 aromatic heterocycles. The molecule has 0 radical (unpaired) electrons. The number of rotatable bonds is 6. The van der Waals surface area contributed by atoms with Crippen molar-refractivity contribution in [2.45, 2.75) is 43.9 Å². The SMILES string of the molecule is CC1CCN(C(=O)C2CCN(C(=O)CCNS(=O)(=O)c3ccc4ccccc4c3)CC2)CC1. The van der Waals surface area contributed by atoms with Crippen molar-refractivity contribution in [3.63, 3.8) is 0 Å². The van der Waals surface area contributed by atoms with Gasteiger partial charge in [0.2, 0.25) is 21.8 Å². The van der Waals surface area contributed by atoms with Gasteiger partial charge in [0.25, 0.3) is 0 Å². The number of likely N-dealkylation sites (tertiary alicyclic amines) is 2. The average molecular weight is 472 g/mol. The van der Waals surface area contributed by atoms with Crippen LogP contribution in [0.2, 0.25) is 0 Å². The minimum Gasteiger partial charge on any atom is -0.343 e. The van der Waals surface area contributed by atoms with Gasteiger partial charge in [-0.1, -0.05) is 37.3 Å². The van der Waals surface area contributed by atoms with Gasteiger partial charge in [-0.05, 0) is 54.5 Å². The summed E-state index contributed by atoms with van der Waals surface area (Å²) in [5.74, 6) is 0.840. The fourth-order valence-electron chi connectivity index (χ4n) is 4.73. The second kappa shape index (κ2) is 10.2. The third-order valence-electron chi connectivity index (χ3n) is 6.95. The number of hydrogen-bond acceptors (Lipinski definition) is 4. The summed E-state index contributed by atoms with van der Waals surface area (Å²) in [4.78, 5) is 29.3. The number of nitrogens with one attached hydrogen (secondary N) is 1. The quantitative estimate of drug-likeness (QED) is 0.702. The lowest BCUT2D eigenvalue weighted by molar-refractivity contribution is -0.141. The van der Waals surface area contributed by atoms with Crippen LogP contribution in [0.4, 0.5) is 0 Å². The maximum absolute atomic E-state index is 12.8. The molecule has 0 aliphatic carbocycles. The molecule has 0 saturated carbocycles. The molecule has 1 N–H and O–H groups in total. The first-order chi connectivity index (χ1) is 15.8. The Kier molecular flexibility index (Phi) is 7.34. The molecule has 0 bridgehead atoms. The molecule has 2 heterocycles. The van der Waals surface area contributed by atoms with E-state index in [2.05, 4.69) is 11.6 Å². The third kappa shape index (κ3) is 5.73. The molecule has 2 amide bonds. The molecule has 2 aliphatic rings. The summed E-state index contributed by atoms with van der Waals surface area (Å²) in [6.45, 7) is 5.08. The summed E-state index contributed by atoms with van der Waals surface area (Å²) in [5, 5.41) is 1.83. The summed E-state index contributed by atoms with van der Waals surface area (Å²) in [7, 11) is -3.69. The Bertz CT molecular complexity index is 1100. The van der Waals surface area contributed by atoms with E-state index in [1.54, 1.807) is 23.1 Å². The maximum atomic E-state index is 12.8. The number of piperidine rings is 2. The van der Waals surface area contributed by atoms with Crippen molar-refractivity contribution in [3.8, 4) is 0 Å². The van der Waals surface area contributed by atoms with Crippen molar-refractivity contribution in [2.24, 2.45) is 11.8 Å². The van der Waals surface area contributed by atoms with Crippen LogP contribution < -0.4 is 4.72 Å². The van der Waals surface area contributed by atoms with Gasteiger partial charge in [0, 0.05) is 45.1 Å². The number of sulfonamides is 1. The Morgan fingerprint density at radius 1 is 0.909 bits per heavy atom. The summed E-state index contributed by atoms with van der Waals surface area (Å²) >= 11 is 0. The highest BCUT2D eigenvalue weighted by molar-refractivity contribution is 7.89. The smallest absolute Gasteiger partial charge is 0.240 e. The van der Waals surface area contributed by atoms with E-state index in [4.69, 9.17) is 0 Å². The van der Waals surface area contributed by atoms with Gasteiger partial charge in [0.05, 0.1) is 4.90 Å². The first-order valence-corrected chi connectivity index (χ1v) is 13.4. The van der Waals surface area contributed by atoms with E-state index in [9.17, 15) is 18.0 Å². The van der Waals surface area contributed by atoms with Crippen LogP contribution in [0.5, 0.6) is 0 Å². The second-order valence-electron chi connectivity index (χ2n) is 9.32. The van der Waals surface area contributed by atoms with Gasteiger partial charge in [-0.3, -0.25) is 9.59 Å². The van der Waals surface area contributed by atoms with Crippen LogP contribution in [-0.4, -0.2) is 62.8 Å². The Morgan fingerprint density at radius 2 is 1.55 bits per heavy atom. The van der Waals surface area contributed by atoms with Crippen molar-refractivity contribution in [2.75, 3.05) is 32.7 Å². The standard InChI is InChI=1S/C25H33N3O4S/c1-19-9-14-28(15-10-19)25(30)21-11-16-27(17-12-21)24(29)8-13-26-33(31,32)23-7-6-20-4-2-3-5-22(20)18-23/h2-7,18-19,21,26H,8-17H2,1H3. The van der Waals surface area contributed by atoms with Crippen molar-refractivity contribution < 1.29 is 18.0 Å². The number of hydrogen-bond donors (Lipinski definition) is 1. The van der Waals surface area contributed by atoms with Crippen LogP contribution in [0, 0.1) is 11.8 Å². The average Bonchev–Trinajstić information content (AvgIpc) is 2.83. The van der Waals surface area contributed by atoms with Crippen LogP contribution >= 0.6 is 0 Å². The van der Waals surface area contributed by atoms with Crippen molar-refractivity contribution in [1.82, 2.24) is 14.5 Å². The molecule has 2 saturated heterocycles. The summed E-state index contributed by atoms with van der Waals surface area (Å²) in [6, 6.07) is 12.6. The molecule has 2 aromatic carbocycles. The topological polar surface area (TPSA) is 86.8 Å². The molecule has 0 atom stereocenters. The summed E-state index contributed by atoms with van der Waals surface area (Å²) < 4.78 is 27.8. The Hall–Kier alpha value is -2.45. The fraction of sp³-hybridized carbons (Fsp3) is 0.520. The zero-order chi connectivity index (χ0) is 23.4. The monoisotopic (exact) mass is 471 g/mol. The molecule has 0 unspecified atom stereocenters. The molecule has 8 heteroatoms. The Balaban J connectivity index is 1.23. The number of carbonyl (C=O) groups excluding carboxylic acids is 2. The van der Waals surface area contributed by atoms with Crippen LogP contribution in [0.15, 0.2) is 47.4 Å². The van der Waals surface area contributed by atoms with Gasteiger partial charge < -0.3 is 9.80 Å². The predicted octanol–water partition coefficient (Wildman–Crippen LogP) is 3.01. The first-order valence-electron chi connectivity index (χ1n) is 11.9. The third-order valence-corrected chi connectivity index (χ3v) is 8.41. The second-order valence-corrected chi connectivity index (χ2v) is 11.1. The minimum atomic E-state index is -3.69. The van der Waals surface area contributed by atoms with E-state index in [0.717, 1.165) is 36.7 Å². The highest BCUT2D eigenvalue weighted by Crippen LogP contribution is 2.24. The number of nitrogens with zero attached hydrogens (tertiary/aromatic N) is 2. The molecule has 2 aromatic rings. The molecule has 178 valence electrons. The molecular weight excluding hydrogens is 438 g/mol. The van der Waals surface area contributed by atoms with E-state index in [1.165, 1.54) is 0 Å². The van der Waals surface area contributed by atoms with Crippen LogP contribution in [0.1, 0.15) is 39.0 Å². The van der Waals surface area contributed by atoms with Gasteiger partial charge >= 0.3 is 0 Å². The van der Waals surface area contributed by atoms with Crippen LogP contribution in [-0.2, 0) is 19.6 Å². The van der Waals surface area contributed by atoms with Crippen molar-refractivity contribution in [1.29, 1.82) is 0 Å². The highest BCUT2D eigenvalue weighted by Gasteiger charge is 2.31. The Morgan fingerprint density at radius 3 is 2.24 bits per heavy atom. The predicted molar refractivity (Wildman–Crippen MR) is 128 cm³/mol. The van der Waals surface area contributed by atoms with Gasteiger partial charge in [-0.15, -0.1) is 0 Å². The molecule has 2 aliphatic heterocycles. The molecule has 33 heavy (non-hydrogen) atoms. The normalized spacial score (nSPS) is 18.6. The van der Waals surface area contributed by atoms with Gasteiger partial charge in [0.1, 0.15) is 0 Å². The van der Waals surface area contributed by atoms with E-state index in [0.29, 0.717) is 31.8 Å². The minimum absolute atomic E-state index is 0.00568. The lowest BCUT2D eigenvalue weighted by atomic mass is 9.92. The lowest BCUT2D eigenvalue weighted by Crippen LogP contribution is -2.46. The van der Waals surface area contributed by atoms with E-state index in [-0.39, 0.29) is 35.6 Å². The Labute approximate surface area is 196 Å². The van der Waals surface area contributed by atoms with E-state index >= 15 is 0 Å². The molecule has 7 nitrogen and oxygen atoms in total. The number of carbonyl (C=O) groups is 2. The highest BCUT2D eigenvalue weighted by atomic mass is 32.2. The zero-order valence-electron chi connectivity index (χ0n) is 19.2. The zero-order valence-corrected chi connectivity index (χ0v) is 20.0. The number of fused-ring (bicyclic) bond motifs is 1. The molecule has 0 spiro atoms. The largest absolute Gasteiger partial charge is 0.343 e. The summed E-state index contributed by atoms with van der Waals surface area (Å²) in [6.07, 6.45) is 3.60. The molecule has 4 rings (SSSR count). The van der Waals surface area contributed by atoms with E-state index in [1.807, 2.05) is 29.2 Å². The number of benzene rings is 2. The number of amides is 2. The fourth-order valence-corrected chi connectivity index (χ4v) is 5.80. The van der Waals surface area contributed by atoms with Crippen LogP contribution in [0.3, 0.4) is 0 Å². The van der Waals surface area contributed by atoms with E-state index < -0.39 is 10.0 Å². The lowest BCUT2D eigenvalue weighted by Gasteiger charge is -2.36. The summed E-state index contributed by atoms with van der Waals surface area (Å²) in [5.41, 5.74) is 0. The molecule has 2 fully saturated rings. The van der Waals surface area contributed by atoms with Gasteiger partial charge in [-0.25, -0.2) is 13.1 Å². The van der Waals surface area contributed by atoms with Crippen molar-refractivity contribution >= 4 is 32.6 Å². The first kappa shape index (κ1) is 23.7. The van der Waals surface area contributed by atoms with Crippen LogP contribution in [0.25, 0.3) is 10.8 Å². The van der Waals surface area contributed by atoms with Gasteiger partial charge in [0.15, 0.2) is 0 Å². The maximum Gasteiger partial charge on any atom is 0.240 e.